The first-order valence-corrected chi connectivity index (χ1v) is 10.5. The molecule has 0 aliphatic carbocycles. The summed E-state index contributed by atoms with van der Waals surface area (Å²) >= 11 is 0. The summed E-state index contributed by atoms with van der Waals surface area (Å²) in [6.07, 6.45) is 6.19. The number of hydrogen-bond donors (Lipinski definition) is 3. The first kappa shape index (κ1) is 27.0. The molecule has 0 aromatic carbocycles. The number of hydrogen-bond acceptors (Lipinski definition) is 6. The fourth-order valence-corrected chi connectivity index (χ4v) is 3.71. The SMILES string of the molecule is CCCCCCC(CCC)(CCC)OC(=O)C(CC(=O)O)S(=O)(=O)O.N. The van der Waals surface area contributed by atoms with Gasteiger partial charge in [-0.1, -0.05) is 52.9 Å². The average Bonchev–Trinajstić information content (AvgIpc) is 2.48. The van der Waals surface area contributed by atoms with Gasteiger partial charge < -0.3 is 16.0 Å². The van der Waals surface area contributed by atoms with E-state index in [-0.39, 0.29) is 6.15 Å². The molecule has 9 heteroatoms. The number of rotatable bonds is 14. The molecule has 26 heavy (non-hydrogen) atoms. The Hall–Kier alpha value is -1.19. The maximum atomic E-state index is 12.4. The molecule has 0 amide bonds. The largest absolute Gasteiger partial charge is 0.481 e. The highest BCUT2D eigenvalue weighted by Crippen LogP contribution is 2.32. The molecule has 0 bridgehead atoms. The lowest BCUT2D eigenvalue weighted by molar-refractivity contribution is -0.164. The van der Waals surface area contributed by atoms with Crippen LogP contribution >= 0.6 is 0 Å². The number of ether oxygens (including phenoxy) is 1. The van der Waals surface area contributed by atoms with Gasteiger partial charge >= 0.3 is 11.9 Å². The van der Waals surface area contributed by atoms with Crippen LogP contribution in [0.4, 0.5) is 0 Å². The van der Waals surface area contributed by atoms with Crippen LogP contribution in [-0.2, 0) is 24.4 Å². The van der Waals surface area contributed by atoms with Crippen molar-refractivity contribution in [1.82, 2.24) is 6.15 Å². The second-order valence-electron chi connectivity index (χ2n) is 6.52. The minimum absolute atomic E-state index is 0. The van der Waals surface area contributed by atoms with Crippen LogP contribution in [0.1, 0.15) is 85.0 Å². The van der Waals surface area contributed by atoms with Crippen molar-refractivity contribution in [2.75, 3.05) is 0 Å². The number of carbonyl (C=O) groups excluding carboxylic acids is 1. The number of aliphatic carboxylic acids is 1. The highest BCUT2D eigenvalue weighted by molar-refractivity contribution is 7.87. The summed E-state index contributed by atoms with van der Waals surface area (Å²) in [7, 11) is -4.85. The van der Waals surface area contributed by atoms with Crippen LogP contribution in [0.2, 0.25) is 0 Å². The summed E-state index contributed by atoms with van der Waals surface area (Å²) in [6.45, 7) is 5.98. The van der Waals surface area contributed by atoms with Gasteiger partial charge in [0.15, 0.2) is 5.25 Å². The van der Waals surface area contributed by atoms with Crippen molar-refractivity contribution >= 4 is 22.1 Å². The van der Waals surface area contributed by atoms with Crippen molar-refractivity contribution in [1.29, 1.82) is 0 Å². The van der Waals surface area contributed by atoms with Crippen LogP contribution in [0, 0.1) is 0 Å². The third kappa shape index (κ3) is 10.1. The van der Waals surface area contributed by atoms with Gasteiger partial charge in [-0.05, 0) is 25.7 Å². The smallest absolute Gasteiger partial charge is 0.328 e. The van der Waals surface area contributed by atoms with E-state index in [1.54, 1.807) is 0 Å². The molecule has 0 saturated carbocycles. The Balaban J connectivity index is 0. The third-order valence-corrected chi connectivity index (χ3v) is 5.27. The molecule has 5 N–H and O–H groups in total. The predicted octanol–water partition coefficient (Wildman–Crippen LogP) is 3.73. The van der Waals surface area contributed by atoms with Crippen LogP contribution in [0.25, 0.3) is 0 Å². The van der Waals surface area contributed by atoms with Gasteiger partial charge in [-0.15, -0.1) is 0 Å². The standard InChI is InChI=1S/C17H32O7S.H3N/c1-4-7-8-9-12-17(10-5-2,11-6-3)24-16(20)14(13-15(18)19)25(21,22)23;/h14H,4-13H2,1-3H3,(H,18,19)(H,21,22,23);1H3. The molecule has 1 atom stereocenters. The third-order valence-electron chi connectivity index (χ3n) is 4.20. The summed E-state index contributed by atoms with van der Waals surface area (Å²) < 4.78 is 37.6. The van der Waals surface area contributed by atoms with E-state index in [2.05, 4.69) is 6.92 Å². The molecule has 0 saturated heterocycles. The van der Waals surface area contributed by atoms with Crippen molar-refractivity contribution in [2.24, 2.45) is 0 Å². The molecule has 8 nitrogen and oxygen atoms in total. The minimum Gasteiger partial charge on any atom is -0.481 e. The van der Waals surface area contributed by atoms with E-state index in [9.17, 15) is 22.6 Å². The van der Waals surface area contributed by atoms with Crippen molar-refractivity contribution in [3.63, 3.8) is 0 Å². The lowest BCUT2D eigenvalue weighted by Gasteiger charge is -2.34. The molecule has 156 valence electrons. The van der Waals surface area contributed by atoms with Crippen molar-refractivity contribution in [2.45, 2.75) is 95.8 Å². The highest BCUT2D eigenvalue weighted by Gasteiger charge is 2.40. The predicted molar refractivity (Wildman–Crippen MR) is 100 cm³/mol. The van der Waals surface area contributed by atoms with Crippen LogP contribution in [-0.4, -0.2) is 40.9 Å². The molecule has 0 aromatic rings. The van der Waals surface area contributed by atoms with Gasteiger partial charge in [-0.3, -0.25) is 14.1 Å². The molecule has 0 heterocycles. The minimum atomic E-state index is -4.85. The van der Waals surface area contributed by atoms with E-state index in [0.717, 1.165) is 38.5 Å². The highest BCUT2D eigenvalue weighted by atomic mass is 32.2. The molecule has 0 radical (unpaired) electrons. The lowest BCUT2D eigenvalue weighted by Crippen LogP contribution is -2.42. The maximum Gasteiger partial charge on any atom is 0.328 e. The number of carbonyl (C=O) groups is 2. The second kappa shape index (κ2) is 13.1. The summed E-state index contributed by atoms with van der Waals surface area (Å²) in [4.78, 5) is 23.2. The summed E-state index contributed by atoms with van der Waals surface area (Å²) in [5, 5.41) is 6.73. The van der Waals surface area contributed by atoms with E-state index in [1.807, 2.05) is 13.8 Å². The van der Waals surface area contributed by atoms with Gasteiger partial charge in [0.2, 0.25) is 0 Å². The average molecular weight is 398 g/mol. The summed E-state index contributed by atoms with van der Waals surface area (Å²) in [5.74, 6) is -2.67. The maximum absolute atomic E-state index is 12.4. The molecular formula is C17H35NO7S. The zero-order valence-electron chi connectivity index (χ0n) is 16.2. The zero-order chi connectivity index (χ0) is 19.5. The normalized spacial score (nSPS) is 12.9. The summed E-state index contributed by atoms with van der Waals surface area (Å²) in [6, 6.07) is 0. The molecular weight excluding hydrogens is 362 g/mol. The number of unbranched alkanes of at least 4 members (excludes halogenated alkanes) is 3. The van der Waals surface area contributed by atoms with Gasteiger partial charge in [0.1, 0.15) is 5.60 Å². The fraction of sp³-hybridized carbons (Fsp3) is 0.882. The Morgan fingerprint density at radius 1 is 0.962 bits per heavy atom. The van der Waals surface area contributed by atoms with Crippen molar-refractivity contribution in [3.8, 4) is 0 Å². The number of esters is 1. The number of carboxylic acid groups (broad SMARTS) is 1. The van der Waals surface area contributed by atoms with E-state index < -0.39 is 39.3 Å². The molecule has 0 aliphatic heterocycles. The molecule has 0 spiro atoms. The van der Waals surface area contributed by atoms with Gasteiger partial charge in [0, 0.05) is 0 Å². The van der Waals surface area contributed by atoms with Gasteiger partial charge in [-0.2, -0.15) is 8.42 Å². The summed E-state index contributed by atoms with van der Waals surface area (Å²) in [5.41, 5.74) is -0.810. The van der Waals surface area contributed by atoms with Crippen molar-refractivity contribution in [3.05, 3.63) is 0 Å². The molecule has 0 aliphatic rings. The van der Waals surface area contributed by atoms with E-state index in [4.69, 9.17) is 9.84 Å². The van der Waals surface area contributed by atoms with Crippen LogP contribution in [0.15, 0.2) is 0 Å². The number of carboxylic acids is 1. The quantitative estimate of drug-likeness (QED) is 0.227. The molecule has 1 unspecified atom stereocenters. The van der Waals surface area contributed by atoms with Gasteiger partial charge in [0.05, 0.1) is 6.42 Å². The first-order valence-electron chi connectivity index (χ1n) is 9.02. The fourth-order valence-electron chi connectivity index (χ4n) is 3.06. The Labute approximate surface area is 157 Å². The molecule has 0 rings (SSSR count). The van der Waals surface area contributed by atoms with Crippen LogP contribution in [0.5, 0.6) is 0 Å². The second-order valence-corrected chi connectivity index (χ2v) is 8.12. The van der Waals surface area contributed by atoms with Gasteiger partial charge in [0.25, 0.3) is 10.1 Å². The van der Waals surface area contributed by atoms with Crippen molar-refractivity contribution < 1.29 is 32.4 Å². The van der Waals surface area contributed by atoms with Gasteiger partial charge in [-0.25, -0.2) is 0 Å². The van der Waals surface area contributed by atoms with E-state index in [0.29, 0.717) is 19.3 Å². The zero-order valence-corrected chi connectivity index (χ0v) is 17.0. The Kier molecular flexibility index (Phi) is 13.6. The lowest BCUT2D eigenvalue weighted by atomic mass is 9.86. The topological polar surface area (TPSA) is 153 Å². The van der Waals surface area contributed by atoms with Crippen LogP contribution < -0.4 is 6.15 Å². The van der Waals surface area contributed by atoms with E-state index in [1.165, 1.54) is 0 Å². The first-order chi connectivity index (χ1) is 11.6. The van der Waals surface area contributed by atoms with Crippen LogP contribution in [0.3, 0.4) is 0 Å². The van der Waals surface area contributed by atoms with E-state index >= 15 is 0 Å². The molecule has 0 fully saturated rings. The Morgan fingerprint density at radius 3 is 1.88 bits per heavy atom. The Morgan fingerprint density at radius 2 is 1.50 bits per heavy atom. The molecule has 0 aromatic heterocycles. The Bertz CT molecular complexity index is 513. The monoisotopic (exact) mass is 397 g/mol.